The van der Waals surface area contributed by atoms with Crippen LogP contribution < -0.4 is 4.74 Å². The Balaban J connectivity index is 1.75. The molecular weight excluding hydrogens is 408 g/mol. The average molecular weight is 432 g/mol. The van der Waals surface area contributed by atoms with E-state index < -0.39 is 20.6 Å². The van der Waals surface area contributed by atoms with Crippen LogP contribution in [0.2, 0.25) is 0 Å². The van der Waals surface area contributed by atoms with Crippen LogP contribution in [0.15, 0.2) is 47.4 Å². The van der Waals surface area contributed by atoms with Gasteiger partial charge in [0.25, 0.3) is 0 Å². The number of benzene rings is 2. The Kier molecular flexibility index (Phi) is 6.84. The number of ketones is 1. The maximum atomic E-state index is 12.7. The third-order valence-corrected chi connectivity index (χ3v) is 6.90. The number of sulfonamides is 1. The van der Waals surface area contributed by atoms with E-state index in [1.54, 1.807) is 12.1 Å². The largest absolute Gasteiger partial charge is 0.478 e. The quantitative estimate of drug-likeness (QED) is 0.340. The van der Waals surface area contributed by atoms with Crippen molar-refractivity contribution in [2.45, 2.75) is 37.5 Å². The van der Waals surface area contributed by atoms with Gasteiger partial charge in [-0.15, -0.1) is 0 Å². The van der Waals surface area contributed by atoms with E-state index in [9.17, 15) is 23.3 Å². The summed E-state index contributed by atoms with van der Waals surface area (Å²) in [5.74, 6) is -0.461. The van der Waals surface area contributed by atoms with Crippen molar-refractivity contribution in [2.24, 2.45) is 0 Å². The highest BCUT2D eigenvalue weighted by atomic mass is 32.2. The Hall–Kier alpha value is -2.78. The summed E-state index contributed by atoms with van der Waals surface area (Å²) in [6.07, 6.45) is 3.46. The Morgan fingerprint density at radius 1 is 1.13 bits per heavy atom. The summed E-state index contributed by atoms with van der Waals surface area (Å²) in [5.41, 5.74) is 1.09. The average Bonchev–Trinajstić information content (AvgIpc) is 3.28. The van der Waals surface area contributed by atoms with Crippen LogP contribution in [0.3, 0.4) is 0 Å². The SMILES string of the molecule is CCCc1ccc(C(=O)COc2ccc(S(=O)(=O)N3CCCC3)cc2[N+](=O)[O-])cc1. The lowest BCUT2D eigenvalue weighted by Gasteiger charge is -2.15. The molecule has 30 heavy (non-hydrogen) atoms. The summed E-state index contributed by atoms with van der Waals surface area (Å²) in [4.78, 5) is 23.0. The fourth-order valence-corrected chi connectivity index (χ4v) is 4.91. The number of hydrogen-bond acceptors (Lipinski definition) is 6. The molecule has 0 N–H and O–H groups in total. The minimum Gasteiger partial charge on any atom is -0.478 e. The molecule has 2 aromatic rings. The van der Waals surface area contributed by atoms with E-state index in [0.29, 0.717) is 18.7 Å². The molecule has 0 saturated carbocycles. The maximum absolute atomic E-state index is 12.7. The van der Waals surface area contributed by atoms with Crippen LogP contribution >= 0.6 is 0 Å². The van der Waals surface area contributed by atoms with E-state index in [1.165, 1.54) is 16.4 Å². The van der Waals surface area contributed by atoms with E-state index in [2.05, 4.69) is 6.92 Å². The molecule has 0 bridgehead atoms. The minimum absolute atomic E-state index is 0.142. The molecular formula is C21H24N2O6S. The van der Waals surface area contributed by atoms with Gasteiger partial charge in [0.2, 0.25) is 10.0 Å². The van der Waals surface area contributed by atoms with Gasteiger partial charge in [0, 0.05) is 24.7 Å². The van der Waals surface area contributed by atoms with Gasteiger partial charge in [-0.2, -0.15) is 4.31 Å². The molecule has 0 aromatic heterocycles. The monoisotopic (exact) mass is 432 g/mol. The second-order valence-electron chi connectivity index (χ2n) is 7.16. The lowest BCUT2D eigenvalue weighted by Crippen LogP contribution is -2.27. The second-order valence-corrected chi connectivity index (χ2v) is 9.09. The van der Waals surface area contributed by atoms with E-state index in [4.69, 9.17) is 4.74 Å². The van der Waals surface area contributed by atoms with Crippen molar-refractivity contribution in [3.63, 3.8) is 0 Å². The first-order valence-corrected chi connectivity index (χ1v) is 11.3. The van der Waals surface area contributed by atoms with Crippen LogP contribution in [0.4, 0.5) is 5.69 Å². The van der Waals surface area contributed by atoms with Crippen LogP contribution in [0.5, 0.6) is 5.75 Å². The van der Waals surface area contributed by atoms with Gasteiger partial charge in [-0.05, 0) is 37.0 Å². The van der Waals surface area contributed by atoms with Crippen molar-refractivity contribution in [3.8, 4) is 5.75 Å². The van der Waals surface area contributed by atoms with Gasteiger partial charge < -0.3 is 4.74 Å². The molecule has 0 amide bonds. The van der Waals surface area contributed by atoms with Crippen molar-refractivity contribution in [1.82, 2.24) is 4.31 Å². The highest BCUT2D eigenvalue weighted by Gasteiger charge is 2.30. The van der Waals surface area contributed by atoms with Gasteiger partial charge in [-0.25, -0.2) is 8.42 Å². The lowest BCUT2D eigenvalue weighted by atomic mass is 10.1. The van der Waals surface area contributed by atoms with Crippen LogP contribution in [-0.2, 0) is 16.4 Å². The predicted octanol–water partition coefficient (Wildman–Crippen LogP) is 3.59. The third kappa shape index (κ3) is 4.85. The Morgan fingerprint density at radius 3 is 2.40 bits per heavy atom. The van der Waals surface area contributed by atoms with Crippen LogP contribution in [0.1, 0.15) is 42.1 Å². The summed E-state index contributed by atoms with van der Waals surface area (Å²) in [6, 6.07) is 10.7. The van der Waals surface area contributed by atoms with Crippen molar-refractivity contribution >= 4 is 21.5 Å². The molecule has 8 nitrogen and oxygen atoms in total. The fraction of sp³-hybridized carbons (Fsp3) is 0.381. The van der Waals surface area contributed by atoms with Crippen LogP contribution in [-0.4, -0.2) is 43.1 Å². The number of nitro benzene ring substituents is 1. The predicted molar refractivity (Wildman–Crippen MR) is 111 cm³/mol. The molecule has 0 atom stereocenters. The zero-order chi connectivity index (χ0) is 21.7. The van der Waals surface area contributed by atoms with Crippen LogP contribution in [0, 0.1) is 10.1 Å². The molecule has 9 heteroatoms. The van der Waals surface area contributed by atoms with Gasteiger partial charge in [0.1, 0.15) is 0 Å². The van der Waals surface area contributed by atoms with Crippen molar-refractivity contribution in [2.75, 3.05) is 19.7 Å². The summed E-state index contributed by atoms with van der Waals surface area (Å²) >= 11 is 0. The number of rotatable bonds is 9. The number of aryl methyl sites for hydroxylation is 1. The molecule has 0 radical (unpaired) electrons. The zero-order valence-electron chi connectivity index (χ0n) is 16.7. The van der Waals surface area contributed by atoms with Gasteiger partial charge in [-0.3, -0.25) is 14.9 Å². The molecule has 1 fully saturated rings. The van der Waals surface area contributed by atoms with Gasteiger partial charge in [0.15, 0.2) is 18.1 Å². The van der Waals surface area contributed by atoms with Crippen molar-refractivity contribution < 1.29 is 22.9 Å². The first kappa shape index (κ1) is 21.9. The minimum atomic E-state index is -3.79. The molecule has 1 heterocycles. The topological polar surface area (TPSA) is 107 Å². The van der Waals surface area contributed by atoms with Gasteiger partial charge in [0.05, 0.1) is 9.82 Å². The van der Waals surface area contributed by atoms with Crippen molar-refractivity contribution in [1.29, 1.82) is 0 Å². The highest BCUT2D eigenvalue weighted by molar-refractivity contribution is 7.89. The normalized spacial score (nSPS) is 14.6. The summed E-state index contributed by atoms with van der Waals surface area (Å²) in [5, 5.41) is 11.5. The lowest BCUT2D eigenvalue weighted by molar-refractivity contribution is -0.386. The Labute approximate surface area is 175 Å². The first-order chi connectivity index (χ1) is 14.3. The number of ether oxygens (including phenoxy) is 1. The molecule has 0 unspecified atom stereocenters. The van der Waals surface area contributed by atoms with Gasteiger partial charge in [-0.1, -0.05) is 37.6 Å². The standard InChI is InChI=1S/C21H24N2O6S/c1-2-5-16-6-8-17(9-7-16)20(24)15-29-21-11-10-18(14-19(21)23(25)26)30(27,28)22-12-3-4-13-22/h6-11,14H,2-5,12-13,15H2,1H3. The molecule has 0 spiro atoms. The molecule has 0 aliphatic carbocycles. The number of nitrogens with zero attached hydrogens (tertiary/aromatic N) is 2. The smallest absolute Gasteiger partial charge is 0.312 e. The van der Waals surface area contributed by atoms with E-state index >= 15 is 0 Å². The molecule has 1 aliphatic rings. The summed E-state index contributed by atoms with van der Waals surface area (Å²) < 4.78 is 32.0. The molecule has 160 valence electrons. The third-order valence-electron chi connectivity index (χ3n) is 5.00. The first-order valence-electron chi connectivity index (χ1n) is 9.86. The number of carbonyl (C=O) groups excluding carboxylic acids is 1. The molecule has 1 aliphatic heterocycles. The molecule has 1 saturated heterocycles. The summed E-state index contributed by atoms with van der Waals surface area (Å²) in [6.45, 7) is 2.49. The maximum Gasteiger partial charge on any atom is 0.312 e. The van der Waals surface area contributed by atoms with Crippen molar-refractivity contribution in [3.05, 3.63) is 63.7 Å². The number of nitro groups is 1. The highest BCUT2D eigenvalue weighted by Crippen LogP contribution is 2.32. The molecule has 2 aromatic carbocycles. The summed E-state index contributed by atoms with van der Waals surface area (Å²) in [7, 11) is -3.79. The zero-order valence-corrected chi connectivity index (χ0v) is 17.6. The molecule has 3 rings (SSSR count). The van der Waals surface area contributed by atoms with E-state index in [0.717, 1.165) is 37.3 Å². The number of hydrogen-bond donors (Lipinski definition) is 0. The Morgan fingerprint density at radius 2 is 1.80 bits per heavy atom. The number of carbonyl (C=O) groups is 1. The van der Waals surface area contributed by atoms with Crippen LogP contribution in [0.25, 0.3) is 0 Å². The van der Waals surface area contributed by atoms with E-state index in [-0.39, 0.29) is 23.0 Å². The second kappa shape index (κ2) is 9.36. The van der Waals surface area contributed by atoms with E-state index in [1.807, 2.05) is 12.1 Å². The fourth-order valence-electron chi connectivity index (χ4n) is 3.37. The number of Topliss-reactive ketones (excluding diaryl/α,β-unsaturated/α-hetero) is 1. The van der Waals surface area contributed by atoms with Gasteiger partial charge >= 0.3 is 5.69 Å². The Bertz CT molecular complexity index is 1030.